The SMILES string of the molecule is Cc1cnc2ccc(C(=O)c3cc(OCc4ccccc4)cc(F)c3F)cc2n1. The van der Waals surface area contributed by atoms with Crippen molar-refractivity contribution in [2.24, 2.45) is 0 Å². The number of aryl methyl sites for hydroxylation is 1. The lowest BCUT2D eigenvalue weighted by Crippen LogP contribution is -2.08. The number of fused-ring (bicyclic) bond motifs is 1. The Morgan fingerprint density at radius 1 is 1.00 bits per heavy atom. The highest BCUT2D eigenvalue weighted by Gasteiger charge is 2.20. The molecule has 0 amide bonds. The van der Waals surface area contributed by atoms with Crippen molar-refractivity contribution in [1.82, 2.24) is 9.97 Å². The third-order valence-electron chi connectivity index (χ3n) is 4.42. The molecule has 0 N–H and O–H groups in total. The molecule has 0 saturated carbocycles. The molecule has 0 spiro atoms. The molecule has 144 valence electrons. The van der Waals surface area contributed by atoms with Crippen molar-refractivity contribution in [2.45, 2.75) is 13.5 Å². The molecule has 6 heteroatoms. The zero-order chi connectivity index (χ0) is 20.4. The predicted molar refractivity (Wildman–Crippen MR) is 105 cm³/mol. The van der Waals surface area contributed by atoms with E-state index in [0.29, 0.717) is 16.7 Å². The van der Waals surface area contributed by atoms with Crippen LogP contribution in [0.1, 0.15) is 27.2 Å². The van der Waals surface area contributed by atoms with E-state index in [4.69, 9.17) is 4.74 Å². The summed E-state index contributed by atoms with van der Waals surface area (Å²) >= 11 is 0. The van der Waals surface area contributed by atoms with E-state index in [9.17, 15) is 13.6 Å². The van der Waals surface area contributed by atoms with Crippen molar-refractivity contribution >= 4 is 16.8 Å². The molecule has 1 aromatic heterocycles. The lowest BCUT2D eigenvalue weighted by Gasteiger charge is -2.10. The average molecular weight is 390 g/mol. The van der Waals surface area contributed by atoms with Gasteiger partial charge in [-0.05, 0) is 36.8 Å². The highest BCUT2D eigenvalue weighted by atomic mass is 19.2. The smallest absolute Gasteiger partial charge is 0.196 e. The lowest BCUT2D eigenvalue weighted by atomic mass is 10.0. The molecule has 29 heavy (non-hydrogen) atoms. The summed E-state index contributed by atoms with van der Waals surface area (Å²) in [6.07, 6.45) is 1.62. The third kappa shape index (κ3) is 3.96. The Morgan fingerprint density at radius 3 is 2.59 bits per heavy atom. The van der Waals surface area contributed by atoms with E-state index in [1.807, 2.05) is 30.3 Å². The first-order chi connectivity index (χ1) is 14.0. The van der Waals surface area contributed by atoms with E-state index in [1.165, 1.54) is 18.2 Å². The summed E-state index contributed by atoms with van der Waals surface area (Å²) in [5.74, 6) is -2.93. The van der Waals surface area contributed by atoms with Gasteiger partial charge in [0.2, 0.25) is 0 Å². The van der Waals surface area contributed by atoms with Crippen LogP contribution in [-0.2, 0) is 6.61 Å². The van der Waals surface area contributed by atoms with Crippen LogP contribution in [0.4, 0.5) is 8.78 Å². The minimum Gasteiger partial charge on any atom is -0.489 e. The highest BCUT2D eigenvalue weighted by molar-refractivity contribution is 6.10. The quantitative estimate of drug-likeness (QED) is 0.449. The molecular formula is C23H16F2N2O2. The fourth-order valence-corrected chi connectivity index (χ4v) is 2.95. The fourth-order valence-electron chi connectivity index (χ4n) is 2.95. The molecule has 4 aromatic rings. The molecule has 0 saturated heterocycles. The number of hydrogen-bond acceptors (Lipinski definition) is 4. The van der Waals surface area contributed by atoms with Gasteiger partial charge in [-0.15, -0.1) is 0 Å². The van der Waals surface area contributed by atoms with Crippen LogP contribution in [0, 0.1) is 18.6 Å². The van der Waals surface area contributed by atoms with Crippen LogP contribution in [0.5, 0.6) is 5.75 Å². The summed E-state index contributed by atoms with van der Waals surface area (Å²) in [4.78, 5) is 21.4. The summed E-state index contributed by atoms with van der Waals surface area (Å²) in [6, 6.07) is 16.1. The molecule has 0 unspecified atom stereocenters. The number of hydrogen-bond donors (Lipinski definition) is 0. The third-order valence-corrected chi connectivity index (χ3v) is 4.42. The maximum Gasteiger partial charge on any atom is 0.196 e. The molecule has 4 rings (SSSR count). The zero-order valence-electron chi connectivity index (χ0n) is 15.5. The first-order valence-electron chi connectivity index (χ1n) is 8.95. The molecule has 3 aromatic carbocycles. The minimum atomic E-state index is -1.21. The van der Waals surface area contributed by atoms with Crippen LogP contribution in [-0.4, -0.2) is 15.8 Å². The molecular weight excluding hydrogens is 374 g/mol. The maximum atomic E-state index is 14.4. The first-order valence-corrected chi connectivity index (χ1v) is 8.95. The second kappa shape index (κ2) is 7.75. The number of ether oxygens (including phenoxy) is 1. The second-order valence-corrected chi connectivity index (χ2v) is 6.58. The van der Waals surface area contributed by atoms with E-state index in [0.717, 1.165) is 11.6 Å². The van der Waals surface area contributed by atoms with Crippen molar-refractivity contribution < 1.29 is 18.3 Å². The number of nitrogens with zero attached hydrogens (tertiary/aromatic N) is 2. The summed E-state index contributed by atoms with van der Waals surface area (Å²) in [7, 11) is 0. The van der Waals surface area contributed by atoms with Gasteiger partial charge in [0, 0.05) is 17.8 Å². The van der Waals surface area contributed by atoms with Crippen LogP contribution < -0.4 is 4.74 Å². The standard InChI is InChI=1S/C23H16F2N2O2/c1-14-12-26-20-8-7-16(9-21(20)27-14)23(28)18-10-17(11-19(24)22(18)25)29-13-15-5-3-2-4-6-15/h2-12H,13H2,1H3. The van der Waals surface area contributed by atoms with Crippen LogP contribution in [0.25, 0.3) is 11.0 Å². The lowest BCUT2D eigenvalue weighted by molar-refractivity contribution is 0.103. The van der Waals surface area contributed by atoms with Gasteiger partial charge in [0.25, 0.3) is 0 Å². The fraction of sp³-hybridized carbons (Fsp3) is 0.0870. The number of rotatable bonds is 5. The monoisotopic (exact) mass is 390 g/mol. The van der Waals surface area contributed by atoms with Gasteiger partial charge in [0.05, 0.1) is 22.3 Å². The van der Waals surface area contributed by atoms with Crippen molar-refractivity contribution in [2.75, 3.05) is 0 Å². The van der Waals surface area contributed by atoms with Gasteiger partial charge < -0.3 is 4.74 Å². The molecule has 0 bridgehead atoms. The molecule has 1 heterocycles. The maximum absolute atomic E-state index is 14.4. The molecule has 0 radical (unpaired) electrons. The number of carbonyl (C=O) groups is 1. The summed E-state index contributed by atoms with van der Waals surface area (Å²) in [5, 5.41) is 0. The number of halogens is 2. The van der Waals surface area contributed by atoms with Gasteiger partial charge in [0.1, 0.15) is 12.4 Å². The van der Waals surface area contributed by atoms with Gasteiger partial charge in [0.15, 0.2) is 17.4 Å². The largest absolute Gasteiger partial charge is 0.489 e. The first kappa shape index (κ1) is 18.7. The van der Waals surface area contributed by atoms with E-state index in [1.54, 1.807) is 19.2 Å². The molecule has 0 aliphatic carbocycles. The molecule has 0 aliphatic heterocycles. The Hall–Kier alpha value is -3.67. The number of benzene rings is 3. The van der Waals surface area contributed by atoms with Crippen LogP contribution in [0.15, 0.2) is 66.9 Å². The summed E-state index contributed by atoms with van der Waals surface area (Å²) in [5.41, 5.74) is 2.47. The van der Waals surface area contributed by atoms with Gasteiger partial charge in [-0.3, -0.25) is 9.78 Å². The van der Waals surface area contributed by atoms with Gasteiger partial charge in [-0.25, -0.2) is 13.8 Å². The molecule has 0 atom stereocenters. The summed E-state index contributed by atoms with van der Waals surface area (Å²) in [6.45, 7) is 1.95. The van der Waals surface area contributed by atoms with Crippen molar-refractivity contribution in [3.05, 3.63) is 101 Å². The van der Waals surface area contributed by atoms with Gasteiger partial charge in [-0.1, -0.05) is 30.3 Å². The highest BCUT2D eigenvalue weighted by Crippen LogP contribution is 2.25. The second-order valence-electron chi connectivity index (χ2n) is 6.58. The molecule has 0 fully saturated rings. The van der Waals surface area contributed by atoms with Crippen LogP contribution >= 0.6 is 0 Å². The summed E-state index contributed by atoms with van der Waals surface area (Å²) < 4.78 is 34.1. The van der Waals surface area contributed by atoms with Gasteiger partial charge in [-0.2, -0.15) is 0 Å². The average Bonchev–Trinajstić information content (AvgIpc) is 2.74. The zero-order valence-corrected chi connectivity index (χ0v) is 15.5. The number of aromatic nitrogens is 2. The Balaban J connectivity index is 1.66. The van der Waals surface area contributed by atoms with Crippen molar-refractivity contribution in [1.29, 1.82) is 0 Å². The Labute approximate surface area is 165 Å². The molecule has 0 aliphatic rings. The topological polar surface area (TPSA) is 52.1 Å². The van der Waals surface area contributed by atoms with Crippen molar-refractivity contribution in [3.63, 3.8) is 0 Å². The molecule has 4 nitrogen and oxygen atoms in total. The minimum absolute atomic E-state index is 0.0764. The number of carbonyl (C=O) groups excluding carboxylic acids is 1. The van der Waals surface area contributed by atoms with E-state index in [2.05, 4.69) is 9.97 Å². The van der Waals surface area contributed by atoms with Gasteiger partial charge >= 0.3 is 0 Å². The van der Waals surface area contributed by atoms with Crippen LogP contribution in [0.3, 0.4) is 0 Å². The van der Waals surface area contributed by atoms with E-state index < -0.39 is 23.0 Å². The number of ketones is 1. The Kier molecular flexibility index (Phi) is 4.99. The normalized spacial score (nSPS) is 10.9. The van der Waals surface area contributed by atoms with Crippen LogP contribution in [0.2, 0.25) is 0 Å². The van der Waals surface area contributed by atoms with E-state index in [-0.39, 0.29) is 17.9 Å². The Bertz CT molecular complexity index is 1210. The predicted octanol–water partition coefficient (Wildman–Crippen LogP) is 5.03. The van der Waals surface area contributed by atoms with E-state index >= 15 is 0 Å². The van der Waals surface area contributed by atoms with Crippen molar-refractivity contribution in [3.8, 4) is 5.75 Å². The Morgan fingerprint density at radius 2 is 1.79 bits per heavy atom.